The summed E-state index contributed by atoms with van der Waals surface area (Å²) in [4.78, 5) is 2.26. The quantitative estimate of drug-likeness (QED) is 0.646. The topological polar surface area (TPSA) is 49.5 Å². The van der Waals surface area contributed by atoms with Gasteiger partial charge in [0.05, 0.1) is 6.17 Å². The first-order valence-electron chi connectivity index (χ1n) is 5.12. The van der Waals surface area contributed by atoms with Crippen LogP contribution in [0.4, 0.5) is 5.69 Å². The molecule has 0 spiro atoms. The van der Waals surface area contributed by atoms with E-state index in [9.17, 15) is 5.11 Å². The zero-order valence-corrected chi connectivity index (χ0v) is 7.98. The zero-order valence-electron chi connectivity index (χ0n) is 7.98. The summed E-state index contributed by atoms with van der Waals surface area (Å²) >= 11 is 0. The third-order valence-electron chi connectivity index (χ3n) is 3.39. The molecule has 2 aliphatic rings. The van der Waals surface area contributed by atoms with E-state index in [0.717, 1.165) is 30.5 Å². The molecule has 2 unspecified atom stereocenters. The lowest BCUT2D eigenvalue weighted by atomic mass is 10.1. The fraction of sp³-hybridized carbons (Fsp3) is 0.455. The smallest absolute Gasteiger partial charge is 0.120 e. The van der Waals surface area contributed by atoms with Crippen LogP contribution in [0.3, 0.4) is 0 Å². The van der Waals surface area contributed by atoms with Gasteiger partial charge in [0.1, 0.15) is 5.75 Å². The number of hydrogen-bond donors (Lipinski definition) is 2. The molecule has 74 valence electrons. The second-order valence-electron chi connectivity index (χ2n) is 4.18. The van der Waals surface area contributed by atoms with Crippen molar-refractivity contribution in [3.8, 4) is 5.75 Å². The van der Waals surface area contributed by atoms with Crippen molar-refractivity contribution in [1.29, 1.82) is 0 Å². The van der Waals surface area contributed by atoms with Crippen LogP contribution in [-0.4, -0.2) is 17.3 Å². The molecule has 3 N–H and O–H groups in total. The van der Waals surface area contributed by atoms with Crippen LogP contribution in [0.2, 0.25) is 0 Å². The molecule has 2 heterocycles. The van der Waals surface area contributed by atoms with Gasteiger partial charge < -0.3 is 15.7 Å². The van der Waals surface area contributed by atoms with E-state index < -0.39 is 0 Å². The molecular formula is C11H14N2O. The zero-order chi connectivity index (χ0) is 9.71. The fourth-order valence-electron chi connectivity index (χ4n) is 2.74. The lowest BCUT2D eigenvalue weighted by molar-refractivity contribution is 0.468. The largest absolute Gasteiger partial charge is 0.508 e. The standard InChI is InChI=1S/C11H14N2O/c12-11-5-4-7-6-8-9(13(7)11)2-1-3-10(8)14/h1-3,7,11,14H,4-6,12H2. The monoisotopic (exact) mass is 190 g/mol. The fourth-order valence-corrected chi connectivity index (χ4v) is 2.74. The molecule has 2 aliphatic heterocycles. The molecular weight excluding hydrogens is 176 g/mol. The third kappa shape index (κ3) is 0.904. The molecule has 2 atom stereocenters. The van der Waals surface area contributed by atoms with Gasteiger partial charge in [-0.3, -0.25) is 0 Å². The molecule has 0 aromatic heterocycles. The van der Waals surface area contributed by atoms with Gasteiger partial charge in [-0.1, -0.05) is 6.07 Å². The van der Waals surface area contributed by atoms with E-state index in [1.165, 1.54) is 0 Å². The second-order valence-corrected chi connectivity index (χ2v) is 4.18. The van der Waals surface area contributed by atoms with Crippen LogP contribution in [0.1, 0.15) is 18.4 Å². The lowest BCUT2D eigenvalue weighted by Gasteiger charge is -2.24. The van der Waals surface area contributed by atoms with E-state index >= 15 is 0 Å². The molecule has 0 bridgehead atoms. The molecule has 0 radical (unpaired) electrons. The first kappa shape index (κ1) is 8.12. The van der Waals surface area contributed by atoms with Gasteiger partial charge in [0.15, 0.2) is 0 Å². The minimum atomic E-state index is 0.142. The van der Waals surface area contributed by atoms with E-state index in [1.54, 1.807) is 6.07 Å². The molecule has 1 saturated heterocycles. The Morgan fingerprint density at radius 2 is 2.21 bits per heavy atom. The highest BCUT2D eigenvalue weighted by atomic mass is 16.3. The van der Waals surface area contributed by atoms with Crippen molar-refractivity contribution in [1.82, 2.24) is 0 Å². The molecule has 14 heavy (non-hydrogen) atoms. The van der Waals surface area contributed by atoms with Gasteiger partial charge in [0, 0.05) is 17.3 Å². The molecule has 1 fully saturated rings. The average Bonchev–Trinajstić information content (AvgIpc) is 2.68. The third-order valence-corrected chi connectivity index (χ3v) is 3.39. The Hall–Kier alpha value is -1.22. The number of rotatable bonds is 0. The Kier molecular flexibility index (Phi) is 1.53. The van der Waals surface area contributed by atoms with Crippen molar-refractivity contribution in [2.45, 2.75) is 31.5 Å². The van der Waals surface area contributed by atoms with Gasteiger partial charge >= 0.3 is 0 Å². The molecule has 0 saturated carbocycles. The predicted octanol–water partition coefficient (Wildman–Crippen LogP) is 1.20. The van der Waals surface area contributed by atoms with E-state index in [0.29, 0.717) is 11.8 Å². The Labute approximate surface area is 83.1 Å². The Morgan fingerprint density at radius 3 is 3.07 bits per heavy atom. The summed E-state index contributed by atoms with van der Waals surface area (Å²) < 4.78 is 0. The van der Waals surface area contributed by atoms with Gasteiger partial charge in [-0.15, -0.1) is 0 Å². The molecule has 3 heteroatoms. The number of anilines is 1. The van der Waals surface area contributed by atoms with Gasteiger partial charge in [0.2, 0.25) is 0 Å². The maximum Gasteiger partial charge on any atom is 0.120 e. The summed E-state index contributed by atoms with van der Waals surface area (Å²) in [5.41, 5.74) is 8.24. The summed E-state index contributed by atoms with van der Waals surface area (Å²) in [7, 11) is 0. The van der Waals surface area contributed by atoms with Crippen LogP contribution in [0, 0.1) is 0 Å². The van der Waals surface area contributed by atoms with Crippen molar-refractivity contribution in [3.63, 3.8) is 0 Å². The van der Waals surface area contributed by atoms with Gasteiger partial charge in [-0.2, -0.15) is 0 Å². The van der Waals surface area contributed by atoms with Crippen LogP contribution < -0.4 is 10.6 Å². The number of nitrogens with zero attached hydrogens (tertiary/aromatic N) is 1. The highest BCUT2D eigenvalue weighted by Gasteiger charge is 2.38. The van der Waals surface area contributed by atoms with Gasteiger partial charge in [-0.25, -0.2) is 0 Å². The van der Waals surface area contributed by atoms with E-state index in [4.69, 9.17) is 5.73 Å². The van der Waals surface area contributed by atoms with Gasteiger partial charge in [0.25, 0.3) is 0 Å². The van der Waals surface area contributed by atoms with E-state index in [1.807, 2.05) is 6.07 Å². The first-order chi connectivity index (χ1) is 6.77. The summed E-state index contributed by atoms with van der Waals surface area (Å²) in [5, 5.41) is 9.71. The SMILES string of the molecule is NC1CCC2Cc3c(O)cccc3N12. The number of nitrogens with two attached hydrogens (primary N) is 1. The number of fused-ring (bicyclic) bond motifs is 3. The first-order valence-corrected chi connectivity index (χ1v) is 5.12. The number of hydrogen-bond acceptors (Lipinski definition) is 3. The number of benzene rings is 1. The van der Waals surface area contributed by atoms with E-state index in [2.05, 4.69) is 11.0 Å². The Morgan fingerprint density at radius 1 is 1.36 bits per heavy atom. The van der Waals surface area contributed by atoms with E-state index in [-0.39, 0.29) is 6.17 Å². The minimum Gasteiger partial charge on any atom is -0.508 e. The minimum absolute atomic E-state index is 0.142. The summed E-state index contributed by atoms with van der Waals surface area (Å²) in [5.74, 6) is 0.420. The molecule has 0 amide bonds. The lowest BCUT2D eigenvalue weighted by Crippen LogP contribution is -2.38. The van der Waals surface area contributed by atoms with Crippen molar-refractivity contribution in [2.24, 2.45) is 5.73 Å². The summed E-state index contributed by atoms with van der Waals surface area (Å²) in [6.45, 7) is 0. The Balaban J connectivity index is 2.11. The molecule has 1 aromatic rings. The van der Waals surface area contributed by atoms with Crippen LogP contribution in [-0.2, 0) is 6.42 Å². The van der Waals surface area contributed by atoms with Crippen molar-refractivity contribution >= 4 is 5.69 Å². The maximum absolute atomic E-state index is 9.71. The number of phenols is 1. The maximum atomic E-state index is 9.71. The summed E-state index contributed by atoms with van der Waals surface area (Å²) in [6, 6.07) is 6.22. The van der Waals surface area contributed by atoms with Crippen molar-refractivity contribution in [2.75, 3.05) is 4.90 Å². The van der Waals surface area contributed by atoms with Crippen molar-refractivity contribution < 1.29 is 5.11 Å². The number of phenolic OH excluding ortho intramolecular Hbond substituents is 1. The number of aromatic hydroxyl groups is 1. The van der Waals surface area contributed by atoms with Crippen molar-refractivity contribution in [3.05, 3.63) is 23.8 Å². The van der Waals surface area contributed by atoms with Crippen LogP contribution in [0.15, 0.2) is 18.2 Å². The normalized spacial score (nSPS) is 29.1. The van der Waals surface area contributed by atoms with Crippen LogP contribution in [0.5, 0.6) is 5.75 Å². The molecule has 1 aromatic carbocycles. The molecule has 3 nitrogen and oxygen atoms in total. The van der Waals surface area contributed by atoms with Crippen LogP contribution >= 0.6 is 0 Å². The molecule has 0 aliphatic carbocycles. The molecule has 3 rings (SSSR count). The highest BCUT2D eigenvalue weighted by molar-refractivity contribution is 5.65. The second kappa shape index (κ2) is 2.64. The van der Waals surface area contributed by atoms with Gasteiger partial charge in [-0.05, 0) is 31.4 Å². The van der Waals surface area contributed by atoms with Crippen LogP contribution in [0.25, 0.3) is 0 Å². The predicted molar refractivity (Wildman–Crippen MR) is 55.3 cm³/mol. The average molecular weight is 190 g/mol. The Bertz CT molecular complexity index is 378. The highest BCUT2D eigenvalue weighted by Crippen LogP contribution is 2.42. The summed E-state index contributed by atoms with van der Waals surface area (Å²) in [6.07, 6.45) is 3.31.